The van der Waals surface area contributed by atoms with Crippen molar-refractivity contribution in [2.24, 2.45) is 4.99 Å². The molecule has 140 valence electrons. The molecule has 0 saturated carbocycles. The Bertz CT molecular complexity index is 560. The average Bonchev–Trinajstić information content (AvgIpc) is 3.25. The zero-order chi connectivity index (χ0) is 16.8. The summed E-state index contributed by atoms with van der Waals surface area (Å²) in [4.78, 5) is 9.87. The molecular formula is C19H31IN4O. The van der Waals surface area contributed by atoms with E-state index in [1.54, 1.807) is 6.07 Å². The van der Waals surface area contributed by atoms with Gasteiger partial charge in [-0.15, -0.1) is 24.0 Å². The second-order valence-corrected chi connectivity index (χ2v) is 6.79. The normalized spacial score (nSPS) is 21.4. The van der Waals surface area contributed by atoms with Gasteiger partial charge < -0.3 is 15.3 Å². The molecule has 25 heavy (non-hydrogen) atoms. The summed E-state index contributed by atoms with van der Waals surface area (Å²) in [7, 11) is 0. The van der Waals surface area contributed by atoms with Crippen LogP contribution in [0.25, 0.3) is 0 Å². The third-order valence-corrected chi connectivity index (χ3v) is 5.03. The quantitative estimate of drug-likeness (QED) is 0.405. The highest BCUT2D eigenvalue weighted by Gasteiger charge is 2.30. The summed E-state index contributed by atoms with van der Waals surface area (Å²) in [6.07, 6.45) is 4.81. The molecule has 1 unspecified atom stereocenters. The molecule has 2 aliphatic rings. The molecule has 0 aromatic heterocycles. The second kappa shape index (κ2) is 10.2. The van der Waals surface area contributed by atoms with E-state index in [0.29, 0.717) is 11.8 Å². The molecule has 0 amide bonds. The molecule has 2 heterocycles. The Hall–Kier alpha value is -1.02. The summed E-state index contributed by atoms with van der Waals surface area (Å²) < 4.78 is 0. The van der Waals surface area contributed by atoms with E-state index in [4.69, 9.17) is 4.99 Å². The SMILES string of the molecule is CCNC(=NCCc1cccc(O)c1)N1CCC(N2CCCC2)C1.I. The third-order valence-electron chi connectivity index (χ3n) is 5.03. The fourth-order valence-electron chi connectivity index (χ4n) is 3.77. The van der Waals surface area contributed by atoms with Gasteiger partial charge in [-0.05, 0) is 63.4 Å². The van der Waals surface area contributed by atoms with Gasteiger partial charge in [-0.1, -0.05) is 12.1 Å². The Balaban J connectivity index is 0.00000225. The lowest BCUT2D eigenvalue weighted by Crippen LogP contribution is -2.42. The van der Waals surface area contributed by atoms with Crippen LogP contribution in [0, 0.1) is 0 Å². The van der Waals surface area contributed by atoms with Crippen LogP contribution < -0.4 is 5.32 Å². The van der Waals surface area contributed by atoms with Gasteiger partial charge in [0.25, 0.3) is 0 Å². The maximum Gasteiger partial charge on any atom is 0.193 e. The lowest BCUT2D eigenvalue weighted by atomic mass is 10.1. The lowest BCUT2D eigenvalue weighted by molar-refractivity contribution is 0.249. The fraction of sp³-hybridized carbons (Fsp3) is 0.632. The fourth-order valence-corrected chi connectivity index (χ4v) is 3.77. The first kappa shape index (κ1) is 20.3. The number of nitrogens with zero attached hydrogens (tertiary/aromatic N) is 3. The van der Waals surface area contributed by atoms with Crippen LogP contribution >= 0.6 is 24.0 Å². The topological polar surface area (TPSA) is 51.1 Å². The van der Waals surface area contributed by atoms with Gasteiger partial charge in [0.05, 0.1) is 0 Å². The zero-order valence-corrected chi connectivity index (χ0v) is 17.5. The van der Waals surface area contributed by atoms with Crippen molar-refractivity contribution in [2.75, 3.05) is 39.3 Å². The highest BCUT2D eigenvalue weighted by atomic mass is 127. The van der Waals surface area contributed by atoms with Crippen LogP contribution in [0.1, 0.15) is 31.7 Å². The molecule has 6 heteroatoms. The monoisotopic (exact) mass is 458 g/mol. The Morgan fingerprint density at radius 3 is 2.80 bits per heavy atom. The number of benzene rings is 1. The number of hydrogen-bond donors (Lipinski definition) is 2. The third kappa shape index (κ3) is 5.74. The lowest BCUT2D eigenvalue weighted by Gasteiger charge is -2.25. The Morgan fingerprint density at radius 1 is 1.28 bits per heavy atom. The molecule has 5 nitrogen and oxygen atoms in total. The average molecular weight is 458 g/mol. The van der Waals surface area contributed by atoms with E-state index in [2.05, 4.69) is 22.0 Å². The summed E-state index contributed by atoms with van der Waals surface area (Å²) in [5.41, 5.74) is 1.13. The highest BCUT2D eigenvalue weighted by Crippen LogP contribution is 2.20. The van der Waals surface area contributed by atoms with Crippen LogP contribution in [0.15, 0.2) is 29.3 Å². The molecule has 2 saturated heterocycles. The van der Waals surface area contributed by atoms with E-state index in [-0.39, 0.29) is 24.0 Å². The molecule has 1 aromatic carbocycles. The molecular weight excluding hydrogens is 427 g/mol. The van der Waals surface area contributed by atoms with E-state index in [9.17, 15) is 5.11 Å². The summed E-state index contributed by atoms with van der Waals surface area (Å²) in [5, 5.41) is 13.0. The maximum atomic E-state index is 9.55. The Kier molecular flexibility index (Phi) is 8.29. The predicted molar refractivity (Wildman–Crippen MR) is 114 cm³/mol. The van der Waals surface area contributed by atoms with Crippen molar-refractivity contribution >= 4 is 29.9 Å². The number of phenols is 1. The van der Waals surface area contributed by atoms with E-state index in [1.165, 1.54) is 32.4 Å². The van der Waals surface area contributed by atoms with Gasteiger partial charge in [0.2, 0.25) is 0 Å². The first-order valence-electron chi connectivity index (χ1n) is 9.31. The molecule has 3 rings (SSSR count). The number of nitrogens with one attached hydrogen (secondary N) is 1. The van der Waals surface area contributed by atoms with Crippen molar-refractivity contribution in [3.05, 3.63) is 29.8 Å². The van der Waals surface area contributed by atoms with Crippen molar-refractivity contribution < 1.29 is 5.11 Å². The van der Waals surface area contributed by atoms with Crippen molar-refractivity contribution in [1.29, 1.82) is 0 Å². The minimum absolute atomic E-state index is 0. The Morgan fingerprint density at radius 2 is 2.08 bits per heavy atom. The van der Waals surface area contributed by atoms with Gasteiger partial charge in [-0.25, -0.2) is 0 Å². The van der Waals surface area contributed by atoms with Gasteiger partial charge in [0, 0.05) is 32.2 Å². The Labute approximate surface area is 168 Å². The number of phenolic OH excluding ortho intramolecular Hbond substituents is 1. The minimum atomic E-state index is 0. The summed E-state index contributed by atoms with van der Waals surface area (Å²) in [5.74, 6) is 1.37. The van der Waals surface area contributed by atoms with Gasteiger partial charge in [-0.3, -0.25) is 9.89 Å². The number of guanidine groups is 1. The molecule has 0 spiro atoms. The van der Waals surface area contributed by atoms with Crippen LogP contribution in [0.4, 0.5) is 0 Å². The second-order valence-electron chi connectivity index (χ2n) is 6.79. The van der Waals surface area contributed by atoms with Crippen molar-refractivity contribution in [3.8, 4) is 5.75 Å². The van der Waals surface area contributed by atoms with Crippen molar-refractivity contribution in [3.63, 3.8) is 0 Å². The van der Waals surface area contributed by atoms with Gasteiger partial charge in [-0.2, -0.15) is 0 Å². The van der Waals surface area contributed by atoms with E-state index in [1.807, 2.05) is 18.2 Å². The van der Waals surface area contributed by atoms with Gasteiger partial charge in [0.15, 0.2) is 5.96 Å². The van der Waals surface area contributed by atoms with Crippen LogP contribution in [0.5, 0.6) is 5.75 Å². The first-order valence-corrected chi connectivity index (χ1v) is 9.31. The number of aliphatic imine (C=N–C) groups is 1. The van der Waals surface area contributed by atoms with E-state index in [0.717, 1.165) is 44.1 Å². The first-order chi connectivity index (χ1) is 11.8. The predicted octanol–water partition coefficient (Wildman–Crippen LogP) is 2.69. The number of rotatable bonds is 5. The van der Waals surface area contributed by atoms with Crippen molar-refractivity contribution in [2.45, 2.75) is 38.6 Å². The maximum absolute atomic E-state index is 9.55. The van der Waals surface area contributed by atoms with Crippen LogP contribution in [0.3, 0.4) is 0 Å². The highest BCUT2D eigenvalue weighted by molar-refractivity contribution is 14.0. The molecule has 0 radical (unpaired) electrons. The summed E-state index contributed by atoms with van der Waals surface area (Å²) in [6.45, 7) is 8.50. The van der Waals surface area contributed by atoms with Gasteiger partial charge in [0.1, 0.15) is 5.75 Å². The number of likely N-dealkylation sites (tertiary alicyclic amines) is 2. The molecule has 1 atom stereocenters. The smallest absolute Gasteiger partial charge is 0.193 e. The molecule has 2 fully saturated rings. The largest absolute Gasteiger partial charge is 0.508 e. The van der Waals surface area contributed by atoms with Gasteiger partial charge >= 0.3 is 0 Å². The summed E-state index contributed by atoms with van der Waals surface area (Å²) >= 11 is 0. The molecule has 2 N–H and O–H groups in total. The van der Waals surface area contributed by atoms with Crippen LogP contribution in [-0.4, -0.2) is 66.2 Å². The molecule has 1 aromatic rings. The minimum Gasteiger partial charge on any atom is -0.508 e. The standard InChI is InChI=1S/C19H30N4O.HI/c1-2-20-19(21-10-8-16-6-5-7-18(24)14-16)23-13-9-17(15-23)22-11-3-4-12-22;/h5-7,14,17,24H,2-4,8-13,15H2,1H3,(H,20,21);1H. The zero-order valence-electron chi connectivity index (χ0n) is 15.2. The number of halogens is 1. The van der Waals surface area contributed by atoms with E-state index >= 15 is 0 Å². The van der Waals surface area contributed by atoms with Crippen LogP contribution in [0.2, 0.25) is 0 Å². The van der Waals surface area contributed by atoms with E-state index < -0.39 is 0 Å². The summed E-state index contributed by atoms with van der Waals surface area (Å²) in [6, 6.07) is 8.16. The van der Waals surface area contributed by atoms with Crippen LogP contribution in [-0.2, 0) is 6.42 Å². The number of hydrogen-bond acceptors (Lipinski definition) is 3. The number of aromatic hydroxyl groups is 1. The molecule has 0 aliphatic carbocycles. The van der Waals surface area contributed by atoms with Crippen molar-refractivity contribution in [1.82, 2.24) is 15.1 Å². The molecule has 0 bridgehead atoms. The molecule has 2 aliphatic heterocycles.